The van der Waals surface area contributed by atoms with Crippen molar-refractivity contribution in [2.75, 3.05) is 23.4 Å². The zero-order chi connectivity index (χ0) is 25.2. The van der Waals surface area contributed by atoms with E-state index in [-0.39, 0.29) is 16.9 Å². The average Bonchev–Trinajstić information content (AvgIpc) is 2.76. The summed E-state index contributed by atoms with van der Waals surface area (Å²) in [5, 5.41) is 2.39. The molecule has 0 heterocycles. The molecule has 0 aromatic heterocycles. The molecule has 0 amide bonds. The number of halogens is 4. The van der Waals surface area contributed by atoms with Crippen LogP contribution in [0, 0.1) is 30.2 Å². The minimum absolute atomic E-state index is 0.159. The Kier molecular flexibility index (Phi) is 7.15. The summed E-state index contributed by atoms with van der Waals surface area (Å²) in [6.07, 6.45) is 0.316. The van der Waals surface area contributed by atoms with Crippen molar-refractivity contribution in [3.63, 3.8) is 0 Å². The molecular weight excluding hydrogens is 476 g/mol. The quantitative estimate of drug-likeness (QED) is 0.354. The zero-order valence-electron chi connectivity index (χ0n) is 18.3. The third-order valence-corrected chi connectivity index (χ3v) is 5.42. The van der Waals surface area contributed by atoms with Crippen LogP contribution in [-0.4, -0.2) is 27.8 Å². The van der Waals surface area contributed by atoms with Crippen LogP contribution in [0.25, 0.3) is 0 Å². The molecule has 0 radical (unpaired) electrons. The van der Waals surface area contributed by atoms with E-state index in [1.807, 2.05) is 4.72 Å². The molecule has 0 spiro atoms. The Morgan fingerprint density at radius 2 is 1.65 bits per heavy atom. The lowest BCUT2D eigenvalue weighted by molar-refractivity contribution is 0.0601. The number of nitrogens with one attached hydrogen (secondary N) is 2. The molecule has 3 aromatic carbocycles. The van der Waals surface area contributed by atoms with Gasteiger partial charge in [-0.2, -0.15) is 0 Å². The molecule has 0 aliphatic carbocycles. The van der Waals surface area contributed by atoms with Gasteiger partial charge in [-0.15, -0.1) is 0 Å². The van der Waals surface area contributed by atoms with Gasteiger partial charge in [0.2, 0.25) is 10.0 Å². The summed E-state index contributed by atoms with van der Waals surface area (Å²) in [4.78, 5) is 12.3. The standard InChI is InChI=1S/C23H20F4N2O4S/c1-12-7-8-17(16(24)9-12)28-22-15(23(30)33-2)11-14(20(26)21(22)27)10-13-5-4-6-18(19(13)25)29-34(3,31)32/h4-9,11,28-29H,10H2,1-3H3. The normalized spacial score (nSPS) is 11.3. The molecule has 0 atom stereocenters. The van der Waals surface area contributed by atoms with Crippen LogP contribution in [0.15, 0.2) is 42.5 Å². The molecule has 0 aliphatic heterocycles. The van der Waals surface area contributed by atoms with Gasteiger partial charge in [0.05, 0.1) is 36.0 Å². The summed E-state index contributed by atoms with van der Waals surface area (Å²) in [5.41, 5.74) is -1.63. The van der Waals surface area contributed by atoms with E-state index >= 15 is 4.39 Å². The van der Waals surface area contributed by atoms with Crippen molar-refractivity contribution in [2.45, 2.75) is 13.3 Å². The maximum Gasteiger partial charge on any atom is 0.340 e. The van der Waals surface area contributed by atoms with Gasteiger partial charge in [-0.1, -0.05) is 18.2 Å². The molecule has 0 fully saturated rings. The topological polar surface area (TPSA) is 84.5 Å². The van der Waals surface area contributed by atoms with Crippen molar-refractivity contribution >= 4 is 33.1 Å². The number of esters is 1. The molecule has 11 heteroatoms. The average molecular weight is 496 g/mol. The highest BCUT2D eigenvalue weighted by Crippen LogP contribution is 2.32. The number of rotatable bonds is 7. The van der Waals surface area contributed by atoms with Gasteiger partial charge in [0.25, 0.3) is 0 Å². The van der Waals surface area contributed by atoms with Crippen LogP contribution in [0.3, 0.4) is 0 Å². The monoisotopic (exact) mass is 496 g/mol. The van der Waals surface area contributed by atoms with Crippen LogP contribution in [0.1, 0.15) is 27.0 Å². The van der Waals surface area contributed by atoms with E-state index in [0.29, 0.717) is 5.56 Å². The number of anilines is 3. The Bertz CT molecular complexity index is 1380. The fourth-order valence-electron chi connectivity index (χ4n) is 3.26. The first-order chi connectivity index (χ1) is 15.9. The molecule has 6 nitrogen and oxygen atoms in total. The number of carbonyl (C=O) groups excluding carboxylic acids is 1. The molecule has 180 valence electrons. The minimum atomic E-state index is -3.79. The second kappa shape index (κ2) is 9.72. The third kappa shape index (κ3) is 5.48. The second-order valence-electron chi connectivity index (χ2n) is 7.52. The lowest BCUT2D eigenvalue weighted by atomic mass is 9.99. The van der Waals surface area contributed by atoms with Gasteiger partial charge < -0.3 is 10.1 Å². The number of sulfonamides is 1. The Morgan fingerprint density at radius 1 is 0.941 bits per heavy atom. The van der Waals surface area contributed by atoms with Crippen LogP contribution in [0.4, 0.5) is 34.6 Å². The Balaban J connectivity index is 2.08. The van der Waals surface area contributed by atoms with E-state index in [1.165, 1.54) is 36.4 Å². The number of carbonyl (C=O) groups is 1. The van der Waals surface area contributed by atoms with E-state index in [0.717, 1.165) is 19.4 Å². The first-order valence-corrected chi connectivity index (χ1v) is 11.7. The summed E-state index contributed by atoms with van der Waals surface area (Å²) in [7, 11) is -2.76. The number of hydrogen-bond donors (Lipinski definition) is 2. The maximum atomic E-state index is 15.1. The molecule has 0 bridgehead atoms. The van der Waals surface area contributed by atoms with Crippen molar-refractivity contribution in [1.29, 1.82) is 0 Å². The molecular formula is C23H20F4N2O4S. The van der Waals surface area contributed by atoms with Crippen molar-refractivity contribution in [2.24, 2.45) is 0 Å². The summed E-state index contributed by atoms with van der Waals surface area (Å²) in [5.74, 6) is -5.68. The SMILES string of the molecule is COC(=O)c1cc(Cc2cccc(NS(C)(=O)=O)c2F)c(F)c(F)c1Nc1ccc(C)cc1F. The number of methoxy groups -OCH3 is 1. The van der Waals surface area contributed by atoms with Gasteiger partial charge in [0.1, 0.15) is 5.82 Å². The lowest BCUT2D eigenvalue weighted by Gasteiger charge is -2.16. The second-order valence-corrected chi connectivity index (χ2v) is 9.26. The van der Waals surface area contributed by atoms with E-state index in [9.17, 15) is 26.4 Å². The van der Waals surface area contributed by atoms with Crippen LogP contribution in [0.5, 0.6) is 0 Å². The molecule has 34 heavy (non-hydrogen) atoms. The van der Waals surface area contributed by atoms with Crippen LogP contribution in [-0.2, 0) is 21.2 Å². The van der Waals surface area contributed by atoms with Crippen LogP contribution in [0.2, 0.25) is 0 Å². The number of aryl methyl sites for hydroxylation is 1. The Morgan fingerprint density at radius 3 is 2.26 bits per heavy atom. The van der Waals surface area contributed by atoms with Gasteiger partial charge in [-0.25, -0.2) is 30.8 Å². The van der Waals surface area contributed by atoms with Gasteiger partial charge in [-0.3, -0.25) is 4.72 Å². The van der Waals surface area contributed by atoms with Crippen LogP contribution < -0.4 is 10.0 Å². The third-order valence-electron chi connectivity index (χ3n) is 4.83. The van der Waals surface area contributed by atoms with Gasteiger partial charge in [0.15, 0.2) is 17.5 Å². The molecule has 0 aliphatic rings. The highest BCUT2D eigenvalue weighted by Gasteiger charge is 2.25. The highest BCUT2D eigenvalue weighted by molar-refractivity contribution is 7.92. The summed E-state index contributed by atoms with van der Waals surface area (Å²) < 4.78 is 88.6. The van der Waals surface area contributed by atoms with Crippen molar-refractivity contribution in [3.05, 3.63) is 88.0 Å². The largest absolute Gasteiger partial charge is 0.465 e. The van der Waals surface area contributed by atoms with E-state index in [2.05, 4.69) is 10.1 Å². The molecule has 0 saturated carbocycles. The predicted octanol–water partition coefficient (Wildman–Crippen LogP) is 5.04. The number of hydrogen-bond acceptors (Lipinski definition) is 5. The van der Waals surface area contributed by atoms with Crippen molar-refractivity contribution in [1.82, 2.24) is 0 Å². The molecule has 0 saturated heterocycles. The van der Waals surface area contributed by atoms with Crippen LogP contribution >= 0.6 is 0 Å². The molecule has 0 unspecified atom stereocenters. The zero-order valence-corrected chi connectivity index (χ0v) is 19.1. The Hall–Kier alpha value is -3.60. The molecule has 2 N–H and O–H groups in total. The Labute approximate surface area is 193 Å². The summed E-state index contributed by atoms with van der Waals surface area (Å²) in [6, 6.07) is 8.72. The lowest BCUT2D eigenvalue weighted by Crippen LogP contribution is -2.13. The summed E-state index contributed by atoms with van der Waals surface area (Å²) >= 11 is 0. The maximum absolute atomic E-state index is 15.1. The van der Waals surface area contributed by atoms with E-state index < -0.39 is 62.5 Å². The minimum Gasteiger partial charge on any atom is -0.465 e. The highest BCUT2D eigenvalue weighted by atomic mass is 32.2. The fourth-order valence-corrected chi connectivity index (χ4v) is 3.81. The first-order valence-electron chi connectivity index (χ1n) is 9.78. The number of benzene rings is 3. The van der Waals surface area contributed by atoms with Crippen molar-refractivity contribution in [3.8, 4) is 0 Å². The van der Waals surface area contributed by atoms with E-state index in [4.69, 9.17) is 0 Å². The summed E-state index contributed by atoms with van der Waals surface area (Å²) in [6.45, 7) is 1.64. The smallest absolute Gasteiger partial charge is 0.340 e. The first kappa shape index (κ1) is 25.0. The van der Waals surface area contributed by atoms with E-state index in [1.54, 1.807) is 6.92 Å². The van der Waals surface area contributed by atoms with Crippen molar-refractivity contribution < 1.29 is 35.5 Å². The van der Waals surface area contributed by atoms with Gasteiger partial charge in [-0.05, 0) is 47.9 Å². The van der Waals surface area contributed by atoms with Gasteiger partial charge in [0, 0.05) is 6.42 Å². The fraction of sp³-hybridized carbons (Fsp3) is 0.174. The molecule has 3 aromatic rings. The van der Waals surface area contributed by atoms with Gasteiger partial charge >= 0.3 is 5.97 Å². The predicted molar refractivity (Wildman–Crippen MR) is 120 cm³/mol. The molecule has 3 rings (SSSR count). The number of ether oxygens (including phenoxy) is 1.